The van der Waals surface area contributed by atoms with Gasteiger partial charge in [0.1, 0.15) is 5.54 Å². The molecule has 0 aromatic heterocycles. The number of carboxylic acids is 1. The average Bonchev–Trinajstić information content (AvgIpc) is 2.44. The maximum absolute atomic E-state index is 12.6. The molecule has 21 heavy (non-hydrogen) atoms. The molecule has 2 rings (SSSR count). The van der Waals surface area contributed by atoms with Gasteiger partial charge in [0, 0.05) is 26.7 Å². The van der Waals surface area contributed by atoms with Crippen LogP contribution in [0.1, 0.15) is 13.8 Å². The summed E-state index contributed by atoms with van der Waals surface area (Å²) in [7, 11) is 1.71. The number of rotatable bonds is 1. The number of hydrogen-bond acceptors (Lipinski definition) is 4. The second-order valence-electron chi connectivity index (χ2n) is 5.86. The molecule has 2 aliphatic heterocycles. The molecule has 0 radical (unpaired) electrons. The topological polar surface area (TPSA) is 90.4 Å². The maximum Gasteiger partial charge on any atom is 0.334 e. The van der Waals surface area contributed by atoms with Crippen LogP contribution in [-0.2, 0) is 14.3 Å². The van der Waals surface area contributed by atoms with Gasteiger partial charge in [0.2, 0.25) is 5.91 Å². The highest BCUT2D eigenvalue weighted by Crippen LogP contribution is 2.24. The number of aliphatic carboxylic acids is 1. The Kier molecular flexibility index (Phi) is 4.08. The van der Waals surface area contributed by atoms with Crippen molar-refractivity contribution < 1.29 is 24.2 Å². The Morgan fingerprint density at radius 1 is 1.29 bits per heavy atom. The van der Waals surface area contributed by atoms with E-state index in [1.54, 1.807) is 25.8 Å². The van der Waals surface area contributed by atoms with Crippen LogP contribution in [0.3, 0.4) is 0 Å². The van der Waals surface area contributed by atoms with Gasteiger partial charge in [0.15, 0.2) is 6.10 Å². The van der Waals surface area contributed by atoms with E-state index in [1.807, 2.05) is 0 Å². The second kappa shape index (κ2) is 5.51. The van der Waals surface area contributed by atoms with Gasteiger partial charge in [0.25, 0.3) is 0 Å². The summed E-state index contributed by atoms with van der Waals surface area (Å²) in [6, 6.07) is -0.309. The fourth-order valence-corrected chi connectivity index (χ4v) is 2.69. The molecule has 1 atom stereocenters. The van der Waals surface area contributed by atoms with Crippen LogP contribution < -0.4 is 0 Å². The highest BCUT2D eigenvalue weighted by Gasteiger charge is 2.45. The van der Waals surface area contributed by atoms with Gasteiger partial charge in [-0.15, -0.1) is 0 Å². The zero-order valence-corrected chi connectivity index (χ0v) is 12.5. The number of urea groups is 1. The van der Waals surface area contributed by atoms with Crippen LogP contribution in [0.5, 0.6) is 0 Å². The number of likely N-dealkylation sites (N-methyl/N-ethyl adjacent to an activating group) is 1. The Labute approximate surface area is 123 Å². The van der Waals surface area contributed by atoms with Crippen LogP contribution in [0.25, 0.3) is 0 Å². The first-order chi connectivity index (χ1) is 9.75. The van der Waals surface area contributed by atoms with E-state index in [4.69, 9.17) is 9.84 Å². The molecule has 0 aromatic rings. The van der Waals surface area contributed by atoms with E-state index in [2.05, 4.69) is 0 Å². The van der Waals surface area contributed by atoms with Crippen molar-refractivity contribution >= 4 is 17.9 Å². The Balaban J connectivity index is 2.12. The third-order valence-corrected chi connectivity index (χ3v) is 4.05. The lowest BCUT2D eigenvalue weighted by molar-refractivity contribution is -0.155. The molecule has 2 saturated heterocycles. The van der Waals surface area contributed by atoms with Gasteiger partial charge in [-0.25, -0.2) is 9.59 Å². The Hall–Kier alpha value is -1.83. The Bertz CT molecular complexity index is 465. The summed E-state index contributed by atoms with van der Waals surface area (Å²) >= 11 is 0. The minimum absolute atomic E-state index is 0.00474. The number of ether oxygens (including phenoxy) is 1. The smallest absolute Gasteiger partial charge is 0.334 e. The highest BCUT2D eigenvalue weighted by molar-refractivity contribution is 5.91. The lowest BCUT2D eigenvalue weighted by Gasteiger charge is -2.47. The molecular formula is C13H21N3O5. The zero-order chi connectivity index (χ0) is 15.8. The standard InChI is InChI=1S/C13H21N3O5/c1-13(2)11(19)14(3)4-5-16(13)12(20)15-6-7-21-9(8-15)10(17)18/h9H,4-8H2,1-3H3,(H,17,18). The number of morpholine rings is 1. The summed E-state index contributed by atoms with van der Waals surface area (Å²) in [6.45, 7) is 4.84. The monoisotopic (exact) mass is 299 g/mol. The first kappa shape index (κ1) is 15.6. The summed E-state index contributed by atoms with van der Waals surface area (Å²) in [5.74, 6) is -1.20. The van der Waals surface area contributed by atoms with Crippen molar-refractivity contribution in [1.82, 2.24) is 14.7 Å². The molecule has 2 aliphatic rings. The average molecular weight is 299 g/mol. The van der Waals surface area contributed by atoms with Crippen LogP contribution in [-0.4, -0.2) is 89.2 Å². The van der Waals surface area contributed by atoms with Crippen molar-refractivity contribution in [3.63, 3.8) is 0 Å². The largest absolute Gasteiger partial charge is 0.479 e. The van der Waals surface area contributed by atoms with Crippen molar-refractivity contribution in [2.45, 2.75) is 25.5 Å². The third kappa shape index (κ3) is 2.80. The van der Waals surface area contributed by atoms with E-state index >= 15 is 0 Å². The fraction of sp³-hybridized carbons (Fsp3) is 0.769. The van der Waals surface area contributed by atoms with E-state index in [9.17, 15) is 14.4 Å². The predicted molar refractivity (Wildman–Crippen MR) is 72.8 cm³/mol. The SMILES string of the molecule is CN1CCN(C(=O)N2CCOC(C(=O)O)C2)C(C)(C)C1=O. The summed E-state index contributed by atoms with van der Waals surface area (Å²) < 4.78 is 5.11. The highest BCUT2D eigenvalue weighted by atomic mass is 16.5. The Morgan fingerprint density at radius 3 is 2.57 bits per heavy atom. The molecule has 3 amide bonds. The quantitative estimate of drug-likeness (QED) is 0.701. The van der Waals surface area contributed by atoms with E-state index in [1.165, 1.54) is 9.80 Å². The minimum atomic E-state index is -1.08. The molecular weight excluding hydrogens is 278 g/mol. The first-order valence-electron chi connectivity index (χ1n) is 6.91. The van der Waals surface area contributed by atoms with Crippen LogP contribution in [0.4, 0.5) is 4.79 Å². The van der Waals surface area contributed by atoms with Gasteiger partial charge >= 0.3 is 12.0 Å². The summed E-state index contributed by atoms with van der Waals surface area (Å²) in [5.41, 5.74) is -0.929. The van der Waals surface area contributed by atoms with Gasteiger partial charge in [-0.05, 0) is 13.8 Å². The van der Waals surface area contributed by atoms with Gasteiger partial charge in [0.05, 0.1) is 13.2 Å². The van der Waals surface area contributed by atoms with Crippen molar-refractivity contribution in [3.05, 3.63) is 0 Å². The maximum atomic E-state index is 12.6. The van der Waals surface area contributed by atoms with Gasteiger partial charge in [-0.3, -0.25) is 4.79 Å². The molecule has 118 valence electrons. The van der Waals surface area contributed by atoms with Gasteiger partial charge in [-0.1, -0.05) is 0 Å². The number of nitrogens with zero attached hydrogens (tertiary/aromatic N) is 3. The number of hydrogen-bond donors (Lipinski definition) is 1. The third-order valence-electron chi connectivity index (χ3n) is 4.05. The number of amides is 3. The Morgan fingerprint density at radius 2 is 1.95 bits per heavy atom. The molecule has 0 spiro atoms. The molecule has 8 nitrogen and oxygen atoms in total. The molecule has 2 fully saturated rings. The van der Waals surface area contributed by atoms with E-state index in [0.29, 0.717) is 19.6 Å². The van der Waals surface area contributed by atoms with Crippen molar-refractivity contribution in [2.24, 2.45) is 0 Å². The van der Waals surface area contributed by atoms with Gasteiger partial charge in [-0.2, -0.15) is 0 Å². The van der Waals surface area contributed by atoms with Gasteiger partial charge < -0.3 is 24.5 Å². The molecule has 8 heteroatoms. The van der Waals surface area contributed by atoms with Crippen LogP contribution >= 0.6 is 0 Å². The minimum Gasteiger partial charge on any atom is -0.479 e. The second-order valence-corrected chi connectivity index (χ2v) is 5.86. The van der Waals surface area contributed by atoms with Crippen LogP contribution in [0.2, 0.25) is 0 Å². The van der Waals surface area contributed by atoms with Crippen LogP contribution in [0, 0.1) is 0 Å². The molecule has 0 aliphatic carbocycles. The van der Waals surface area contributed by atoms with Crippen LogP contribution in [0.15, 0.2) is 0 Å². The number of carboxylic acid groups (broad SMARTS) is 1. The first-order valence-corrected chi connectivity index (χ1v) is 6.91. The number of carbonyl (C=O) groups excluding carboxylic acids is 2. The number of carbonyl (C=O) groups is 3. The van der Waals surface area contributed by atoms with E-state index in [-0.39, 0.29) is 25.1 Å². The van der Waals surface area contributed by atoms with Crippen molar-refractivity contribution in [1.29, 1.82) is 0 Å². The van der Waals surface area contributed by atoms with Crippen molar-refractivity contribution in [3.8, 4) is 0 Å². The van der Waals surface area contributed by atoms with Crippen molar-refractivity contribution in [2.75, 3.05) is 39.8 Å². The summed E-state index contributed by atoms with van der Waals surface area (Å²) in [4.78, 5) is 40.4. The predicted octanol–water partition coefficient (Wildman–Crippen LogP) is -0.556. The lowest BCUT2D eigenvalue weighted by atomic mass is 9.98. The molecule has 0 bridgehead atoms. The molecule has 0 saturated carbocycles. The zero-order valence-electron chi connectivity index (χ0n) is 12.5. The van der Waals surface area contributed by atoms with E-state index in [0.717, 1.165) is 0 Å². The molecule has 1 N–H and O–H groups in total. The fourth-order valence-electron chi connectivity index (χ4n) is 2.69. The summed E-state index contributed by atoms with van der Waals surface area (Å²) in [5, 5.41) is 8.99. The molecule has 2 heterocycles. The normalized spacial score (nSPS) is 26.0. The lowest BCUT2D eigenvalue weighted by Crippen LogP contribution is -2.66. The number of piperazine rings is 1. The molecule has 1 unspecified atom stereocenters. The molecule has 0 aromatic carbocycles. The summed E-state index contributed by atoms with van der Waals surface area (Å²) in [6.07, 6.45) is -1.01. The van der Waals surface area contributed by atoms with E-state index < -0.39 is 17.6 Å².